The van der Waals surface area contributed by atoms with Crippen LogP contribution in [0.25, 0.3) is 0 Å². The van der Waals surface area contributed by atoms with Crippen molar-refractivity contribution in [3.8, 4) is 0 Å². The highest BCUT2D eigenvalue weighted by atomic mass is 16.6. The number of hydrazine groups is 1. The Morgan fingerprint density at radius 1 is 1.14 bits per heavy atom. The second-order valence-electron chi connectivity index (χ2n) is 6.27. The molecule has 0 amide bonds. The number of aromatic nitrogens is 2. The molecule has 1 aliphatic heterocycles. The molecular weight excluding hydrogens is 366 g/mol. The quantitative estimate of drug-likeness (QED) is 0.428. The predicted octanol–water partition coefficient (Wildman–Crippen LogP) is 1.49. The minimum atomic E-state index is -0.524. The number of ether oxygens (including phenoxy) is 1. The Labute approximate surface area is 161 Å². The Kier molecular flexibility index (Phi) is 5.96. The zero-order chi connectivity index (χ0) is 20.1. The summed E-state index contributed by atoms with van der Waals surface area (Å²) in [4.78, 5) is 32.9. The number of piperazine rings is 1. The lowest BCUT2D eigenvalue weighted by Crippen LogP contribution is -2.47. The third-order valence-corrected chi connectivity index (χ3v) is 4.34. The number of anilines is 3. The number of benzene rings is 1. The Balaban J connectivity index is 1.81. The van der Waals surface area contributed by atoms with Gasteiger partial charge in [-0.05, 0) is 31.3 Å². The topological polar surface area (TPSA) is 126 Å². The summed E-state index contributed by atoms with van der Waals surface area (Å²) in [5.41, 5.74) is 3.69. The van der Waals surface area contributed by atoms with Crippen molar-refractivity contribution in [3.63, 3.8) is 0 Å². The largest absolute Gasteiger partial charge is 0.465 e. The maximum Gasteiger partial charge on any atom is 0.354 e. The second-order valence-corrected chi connectivity index (χ2v) is 6.27. The maximum absolute atomic E-state index is 11.7. The molecule has 2 heterocycles. The number of methoxy groups -OCH3 is 1. The van der Waals surface area contributed by atoms with Crippen LogP contribution in [-0.4, -0.2) is 71.1 Å². The van der Waals surface area contributed by atoms with Crippen molar-refractivity contribution in [3.05, 3.63) is 46.3 Å². The molecule has 0 aliphatic carbocycles. The summed E-state index contributed by atoms with van der Waals surface area (Å²) < 4.78 is 4.65. The number of esters is 1. The summed E-state index contributed by atoms with van der Waals surface area (Å²) in [6, 6.07) is 6.35. The van der Waals surface area contributed by atoms with Crippen molar-refractivity contribution in [2.24, 2.45) is 0 Å². The molecule has 1 aromatic carbocycles. The fourth-order valence-electron chi connectivity index (χ4n) is 2.74. The smallest absolute Gasteiger partial charge is 0.354 e. The first-order valence-electron chi connectivity index (χ1n) is 8.63. The highest BCUT2D eigenvalue weighted by Crippen LogP contribution is 2.31. The third-order valence-electron chi connectivity index (χ3n) is 4.34. The first kappa shape index (κ1) is 19.5. The molecular formula is C17H21N7O4. The normalized spacial score (nSPS) is 15.1. The molecule has 0 unspecified atom stereocenters. The number of rotatable bonds is 6. The van der Waals surface area contributed by atoms with Gasteiger partial charge in [0.05, 0.1) is 17.6 Å². The number of likely N-dealkylation sites (N-methyl/N-ethyl adjacent to an activating group) is 1. The van der Waals surface area contributed by atoms with Gasteiger partial charge in [0.25, 0.3) is 0 Å². The fraction of sp³-hybridized carbons (Fsp3) is 0.353. The van der Waals surface area contributed by atoms with Crippen LogP contribution < -0.4 is 10.7 Å². The van der Waals surface area contributed by atoms with Crippen LogP contribution in [0.15, 0.2) is 30.6 Å². The van der Waals surface area contributed by atoms with Gasteiger partial charge < -0.3 is 15.0 Å². The van der Waals surface area contributed by atoms with E-state index in [-0.39, 0.29) is 17.3 Å². The summed E-state index contributed by atoms with van der Waals surface area (Å²) >= 11 is 0. The Morgan fingerprint density at radius 3 is 2.39 bits per heavy atom. The number of nitrogens with one attached hydrogen (secondary N) is 2. The van der Waals surface area contributed by atoms with Crippen LogP contribution in [0.2, 0.25) is 0 Å². The lowest BCUT2D eigenvalue weighted by molar-refractivity contribution is -0.383. The van der Waals surface area contributed by atoms with E-state index in [2.05, 4.69) is 30.3 Å². The third kappa shape index (κ3) is 4.50. The van der Waals surface area contributed by atoms with Gasteiger partial charge in [-0.1, -0.05) is 0 Å². The van der Waals surface area contributed by atoms with Crippen molar-refractivity contribution < 1.29 is 14.5 Å². The Morgan fingerprint density at radius 2 is 1.79 bits per heavy atom. The van der Waals surface area contributed by atoms with E-state index in [4.69, 9.17) is 0 Å². The van der Waals surface area contributed by atoms with Gasteiger partial charge in [-0.3, -0.25) is 15.5 Å². The van der Waals surface area contributed by atoms with Crippen LogP contribution in [-0.2, 0) is 4.74 Å². The molecule has 2 aromatic rings. The molecule has 1 aromatic heterocycles. The first-order chi connectivity index (χ1) is 13.5. The van der Waals surface area contributed by atoms with Crippen LogP contribution in [0.3, 0.4) is 0 Å². The SMILES string of the molecule is COC(=O)c1ccc(Nc2ncnc(NN3CCN(C)CC3)c2[N+](=O)[O-])cc1. The molecule has 0 saturated carbocycles. The van der Waals surface area contributed by atoms with E-state index in [1.165, 1.54) is 13.4 Å². The molecule has 1 fully saturated rings. The fourth-order valence-corrected chi connectivity index (χ4v) is 2.74. The van der Waals surface area contributed by atoms with Gasteiger partial charge in [0.2, 0.25) is 11.6 Å². The van der Waals surface area contributed by atoms with Gasteiger partial charge in [0.15, 0.2) is 0 Å². The highest BCUT2D eigenvalue weighted by molar-refractivity contribution is 5.89. The van der Waals surface area contributed by atoms with Gasteiger partial charge in [0.1, 0.15) is 6.33 Å². The standard InChI is InChI=1S/C17H21N7O4/c1-22-7-9-23(10-8-22)21-16-14(24(26)27)15(18-11-19-16)20-13-5-3-12(4-6-13)17(25)28-2/h3-6,11H,7-10H2,1-2H3,(H2,18,19,20,21). The number of hydrogen-bond donors (Lipinski definition) is 2. The van der Waals surface area contributed by atoms with Gasteiger partial charge in [0, 0.05) is 31.9 Å². The average molecular weight is 387 g/mol. The molecule has 1 aliphatic rings. The van der Waals surface area contributed by atoms with Crippen LogP contribution >= 0.6 is 0 Å². The Hall–Kier alpha value is -3.31. The van der Waals surface area contributed by atoms with E-state index in [1.807, 2.05) is 12.1 Å². The lowest BCUT2D eigenvalue weighted by atomic mass is 10.2. The molecule has 0 radical (unpaired) electrons. The van der Waals surface area contributed by atoms with E-state index in [1.54, 1.807) is 24.3 Å². The monoisotopic (exact) mass is 387 g/mol. The van der Waals surface area contributed by atoms with Crippen LogP contribution in [0.1, 0.15) is 10.4 Å². The first-order valence-corrected chi connectivity index (χ1v) is 8.63. The zero-order valence-electron chi connectivity index (χ0n) is 15.6. The van der Waals surface area contributed by atoms with Crippen LogP contribution in [0, 0.1) is 10.1 Å². The van der Waals surface area contributed by atoms with E-state index in [9.17, 15) is 14.9 Å². The average Bonchev–Trinajstić information content (AvgIpc) is 2.69. The molecule has 0 bridgehead atoms. The maximum atomic E-state index is 11.7. The molecule has 11 heteroatoms. The lowest BCUT2D eigenvalue weighted by Gasteiger charge is -2.32. The van der Waals surface area contributed by atoms with E-state index >= 15 is 0 Å². The van der Waals surface area contributed by atoms with Crippen LogP contribution in [0.4, 0.5) is 23.0 Å². The molecule has 0 spiro atoms. The summed E-state index contributed by atoms with van der Waals surface area (Å²) in [6.07, 6.45) is 1.26. The molecule has 28 heavy (non-hydrogen) atoms. The number of carbonyl (C=O) groups is 1. The number of hydrogen-bond acceptors (Lipinski definition) is 10. The highest BCUT2D eigenvalue weighted by Gasteiger charge is 2.25. The molecule has 2 N–H and O–H groups in total. The van der Waals surface area contributed by atoms with E-state index in [0.29, 0.717) is 11.3 Å². The van der Waals surface area contributed by atoms with Crippen molar-refractivity contribution in [1.82, 2.24) is 19.9 Å². The zero-order valence-corrected chi connectivity index (χ0v) is 15.6. The molecule has 3 rings (SSSR count). The number of carbonyl (C=O) groups excluding carboxylic acids is 1. The van der Waals surface area contributed by atoms with Crippen molar-refractivity contribution in [1.29, 1.82) is 0 Å². The van der Waals surface area contributed by atoms with E-state index in [0.717, 1.165) is 26.2 Å². The predicted molar refractivity (Wildman–Crippen MR) is 102 cm³/mol. The summed E-state index contributed by atoms with van der Waals surface area (Å²) in [5.74, 6) is -0.279. The minimum absolute atomic E-state index is 0.0578. The van der Waals surface area contributed by atoms with E-state index < -0.39 is 10.9 Å². The minimum Gasteiger partial charge on any atom is -0.465 e. The summed E-state index contributed by atoms with van der Waals surface area (Å²) in [5, 5.41) is 16.5. The summed E-state index contributed by atoms with van der Waals surface area (Å²) in [6.45, 7) is 3.14. The molecule has 1 saturated heterocycles. The summed E-state index contributed by atoms with van der Waals surface area (Å²) in [7, 11) is 3.33. The van der Waals surface area contributed by atoms with Crippen LogP contribution in [0.5, 0.6) is 0 Å². The van der Waals surface area contributed by atoms with Gasteiger partial charge in [-0.2, -0.15) is 0 Å². The molecule has 0 atom stereocenters. The Bertz CT molecular complexity index is 851. The number of nitro groups is 1. The van der Waals surface area contributed by atoms with Crippen molar-refractivity contribution in [2.45, 2.75) is 0 Å². The van der Waals surface area contributed by atoms with Gasteiger partial charge in [-0.15, -0.1) is 0 Å². The van der Waals surface area contributed by atoms with Crippen molar-refractivity contribution >= 4 is 29.0 Å². The van der Waals surface area contributed by atoms with Gasteiger partial charge in [-0.25, -0.2) is 19.8 Å². The second kappa shape index (κ2) is 8.59. The molecule has 11 nitrogen and oxygen atoms in total. The number of nitrogens with zero attached hydrogens (tertiary/aromatic N) is 5. The van der Waals surface area contributed by atoms with Crippen molar-refractivity contribution in [2.75, 3.05) is 51.1 Å². The molecule has 148 valence electrons. The van der Waals surface area contributed by atoms with Gasteiger partial charge >= 0.3 is 11.7 Å².